The van der Waals surface area contributed by atoms with Crippen molar-refractivity contribution in [3.05, 3.63) is 16.1 Å². The molecule has 1 aromatic rings. The van der Waals surface area contributed by atoms with Crippen LogP contribution in [0.25, 0.3) is 0 Å². The van der Waals surface area contributed by atoms with Gasteiger partial charge in [0.1, 0.15) is 11.7 Å². The molecule has 2 atom stereocenters. The Balaban J connectivity index is 2.38. The van der Waals surface area contributed by atoms with Crippen LogP contribution in [-0.4, -0.2) is 45.8 Å². The minimum absolute atomic E-state index is 0.133. The molecule has 1 aromatic heterocycles. The highest BCUT2D eigenvalue weighted by Gasteiger charge is 2.22. The van der Waals surface area contributed by atoms with Crippen LogP contribution in [0.3, 0.4) is 0 Å². The third-order valence-corrected chi connectivity index (χ3v) is 3.20. The van der Waals surface area contributed by atoms with E-state index in [1.165, 1.54) is 5.38 Å². The summed E-state index contributed by atoms with van der Waals surface area (Å²) in [6.07, 6.45) is -2.16. The lowest BCUT2D eigenvalue weighted by Crippen LogP contribution is -2.34. The normalized spacial score (nSPS) is 14.3. The highest BCUT2D eigenvalue weighted by molar-refractivity contribution is 7.11. The van der Waals surface area contributed by atoms with Crippen molar-refractivity contribution in [1.29, 1.82) is 0 Å². The summed E-state index contributed by atoms with van der Waals surface area (Å²) in [5, 5.41) is 24.0. The molecule has 7 nitrogen and oxygen atoms in total. The Hall–Kier alpha value is -1.51. The lowest BCUT2D eigenvalue weighted by molar-refractivity contribution is 0.0102. The predicted molar refractivity (Wildman–Crippen MR) is 77.3 cm³/mol. The van der Waals surface area contributed by atoms with E-state index < -0.39 is 23.9 Å². The number of aliphatic hydroxyl groups excluding tert-OH is 2. The average molecular weight is 316 g/mol. The van der Waals surface area contributed by atoms with Crippen molar-refractivity contribution in [2.24, 2.45) is 0 Å². The van der Waals surface area contributed by atoms with Crippen LogP contribution in [0, 0.1) is 0 Å². The number of amides is 1. The number of ether oxygens (including phenoxy) is 1. The molecule has 0 aliphatic carbocycles. The fourth-order valence-electron chi connectivity index (χ4n) is 1.48. The average Bonchev–Trinajstić information content (AvgIpc) is 2.84. The first-order valence-corrected chi connectivity index (χ1v) is 7.34. The zero-order chi connectivity index (χ0) is 16.0. The molecule has 3 N–H and O–H groups in total. The van der Waals surface area contributed by atoms with Crippen molar-refractivity contribution in [2.75, 3.05) is 6.54 Å². The Morgan fingerprint density at radius 3 is 2.71 bits per heavy atom. The molecule has 1 amide bonds. The molecule has 1 rings (SSSR count). The van der Waals surface area contributed by atoms with Crippen molar-refractivity contribution in [2.45, 2.75) is 45.0 Å². The Morgan fingerprint density at radius 1 is 1.52 bits per heavy atom. The van der Waals surface area contributed by atoms with E-state index in [1.807, 2.05) is 0 Å². The third-order valence-electron chi connectivity index (χ3n) is 2.42. The van der Waals surface area contributed by atoms with Crippen molar-refractivity contribution in [3.8, 4) is 0 Å². The molecular formula is C13H20N2O5S. The van der Waals surface area contributed by atoms with Gasteiger partial charge in [0.2, 0.25) is 0 Å². The van der Waals surface area contributed by atoms with Gasteiger partial charge in [-0.2, -0.15) is 0 Å². The largest absolute Gasteiger partial charge is 0.444 e. The van der Waals surface area contributed by atoms with Gasteiger partial charge in [-0.1, -0.05) is 0 Å². The van der Waals surface area contributed by atoms with E-state index in [-0.39, 0.29) is 23.7 Å². The first kappa shape index (κ1) is 17.5. The quantitative estimate of drug-likeness (QED) is 0.682. The van der Waals surface area contributed by atoms with E-state index in [0.29, 0.717) is 6.29 Å². The fraction of sp³-hybridized carbons (Fsp3) is 0.615. The minimum atomic E-state index is -1.20. The Labute approximate surface area is 127 Å². The molecule has 0 saturated heterocycles. The van der Waals surface area contributed by atoms with Gasteiger partial charge in [0.15, 0.2) is 11.3 Å². The van der Waals surface area contributed by atoms with Crippen LogP contribution in [-0.2, 0) is 4.74 Å². The van der Waals surface area contributed by atoms with Crippen LogP contribution in [0.4, 0.5) is 4.79 Å². The number of nitrogens with one attached hydrogen (secondary N) is 1. The van der Waals surface area contributed by atoms with Gasteiger partial charge in [-0.25, -0.2) is 9.78 Å². The highest BCUT2D eigenvalue weighted by Crippen LogP contribution is 2.20. The summed E-state index contributed by atoms with van der Waals surface area (Å²) < 4.78 is 5.04. The van der Waals surface area contributed by atoms with Crippen LogP contribution >= 0.6 is 11.3 Å². The molecule has 0 saturated carbocycles. The number of carbonyl (C=O) groups is 2. The lowest BCUT2D eigenvalue weighted by Gasteiger charge is -2.20. The number of aromatic nitrogens is 1. The molecule has 0 bridgehead atoms. The summed E-state index contributed by atoms with van der Waals surface area (Å²) >= 11 is 1.09. The highest BCUT2D eigenvalue weighted by atomic mass is 32.1. The third kappa shape index (κ3) is 6.19. The summed E-state index contributed by atoms with van der Waals surface area (Å²) in [5.41, 5.74) is -0.347. The second-order valence-corrected chi connectivity index (χ2v) is 6.35. The summed E-state index contributed by atoms with van der Waals surface area (Å²) in [4.78, 5) is 25.8. The van der Waals surface area contributed by atoms with Crippen molar-refractivity contribution in [3.63, 3.8) is 0 Å². The lowest BCUT2D eigenvalue weighted by atomic mass is 10.1. The number of aldehydes is 1. The van der Waals surface area contributed by atoms with Crippen LogP contribution in [0.1, 0.15) is 48.8 Å². The van der Waals surface area contributed by atoms with Gasteiger partial charge >= 0.3 is 6.09 Å². The van der Waals surface area contributed by atoms with Gasteiger partial charge in [-0.05, 0) is 27.2 Å². The van der Waals surface area contributed by atoms with E-state index in [0.717, 1.165) is 11.3 Å². The van der Waals surface area contributed by atoms with E-state index in [2.05, 4.69) is 10.3 Å². The molecule has 1 heterocycles. The summed E-state index contributed by atoms with van der Waals surface area (Å²) in [6.45, 7) is 5.39. The number of aliphatic hydroxyl groups is 2. The van der Waals surface area contributed by atoms with Gasteiger partial charge in [0.05, 0.1) is 11.8 Å². The van der Waals surface area contributed by atoms with Gasteiger partial charge in [-0.15, -0.1) is 11.3 Å². The molecule has 0 fully saturated rings. The fourth-order valence-corrected chi connectivity index (χ4v) is 2.13. The van der Waals surface area contributed by atoms with Crippen LogP contribution in [0.15, 0.2) is 5.38 Å². The molecule has 21 heavy (non-hydrogen) atoms. The number of carbonyl (C=O) groups excluding carboxylic acids is 2. The van der Waals surface area contributed by atoms with Crippen LogP contribution in [0.2, 0.25) is 0 Å². The standard InChI is InChI=1S/C13H20N2O5S/c1-13(2,3)20-12(19)14-5-4-9(17)11(18)8-7-21-10(6-16)15-8/h6-7,9,11,17-18H,4-5H2,1-3H3,(H,14,19). The summed E-state index contributed by atoms with van der Waals surface area (Å²) in [6, 6.07) is 0. The van der Waals surface area contributed by atoms with E-state index >= 15 is 0 Å². The number of alkyl carbamates (subject to hydrolysis) is 1. The predicted octanol–water partition coefficient (Wildman–Crippen LogP) is 1.26. The Morgan fingerprint density at radius 2 is 2.19 bits per heavy atom. The van der Waals surface area contributed by atoms with Gasteiger partial charge < -0.3 is 20.3 Å². The van der Waals surface area contributed by atoms with Crippen LogP contribution in [0.5, 0.6) is 0 Å². The molecule has 0 radical (unpaired) electrons. The maximum absolute atomic E-state index is 11.4. The van der Waals surface area contributed by atoms with Crippen molar-refractivity contribution in [1.82, 2.24) is 10.3 Å². The van der Waals surface area contributed by atoms with E-state index in [9.17, 15) is 19.8 Å². The molecule has 0 aromatic carbocycles. The number of thiazole rings is 1. The number of rotatable bonds is 6. The summed E-state index contributed by atoms with van der Waals surface area (Å²) in [7, 11) is 0. The topological polar surface area (TPSA) is 109 Å². The van der Waals surface area contributed by atoms with Crippen LogP contribution < -0.4 is 5.32 Å². The van der Waals surface area contributed by atoms with Crippen molar-refractivity contribution >= 4 is 23.7 Å². The maximum Gasteiger partial charge on any atom is 0.407 e. The first-order chi connectivity index (χ1) is 9.73. The second kappa shape index (κ2) is 7.48. The van der Waals surface area contributed by atoms with Gasteiger partial charge in [-0.3, -0.25) is 4.79 Å². The zero-order valence-electron chi connectivity index (χ0n) is 12.2. The SMILES string of the molecule is CC(C)(C)OC(=O)NCCC(O)C(O)c1csc(C=O)n1. The molecule has 118 valence electrons. The smallest absolute Gasteiger partial charge is 0.407 e. The monoisotopic (exact) mass is 316 g/mol. The molecule has 0 aliphatic heterocycles. The maximum atomic E-state index is 11.4. The Bertz CT molecular complexity index is 483. The van der Waals surface area contributed by atoms with E-state index in [4.69, 9.17) is 4.74 Å². The van der Waals surface area contributed by atoms with Crippen molar-refractivity contribution < 1.29 is 24.5 Å². The zero-order valence-corrected chi connectivity index (χ0v) is 13.0. The molecule has 8 heteroatoms. The molecule has 0 aliphatic rings. The summed E-state index contributed by atoms with van der Waals surface area (Å²) in [5.74, 6) is 0. The number of nitrogens with zero attached hydrogens (tertiary/aromatic N) is 1. The van der Waals surface area contributed by atoms with E-state index in [1.54, 1.807) is 20.8 Å². The first-order valence-electron chi connectivity index (χ1n) is 6.46. The minimum Gasteiger partial charge on any atom is -0.444 e. The molecular weight excluding hydrogens is 296 g/mol. The second-order valence-electron chi connectivity index (χ2n) is 5.46. The number of hydrogen-bond donors (Lipinski definition) is 3. The molecule has 0 spiro atoms. The Kier molecular flexibility index (Phi) is 6.25. The van der Waals surface area contributed by atoms with Gasteiger partial charge in [0, 0.05) is 11.9 Å². The molecule has 2 unspecified atom stereocenters. The van der Waals surface area contributed by atoms with Gasteiger partial charge in [0.25, 0.3) is 0 Å². The number of hydrogen-bond acceptors (Lipinski definition) is 7.